The lowest BCUT2D eigenvalue weighted by Crippen LogP contribution is -2.22. The summed E-state index contributed by atoms with van der Waals surface area (Å²) in [6, 6.07) is 2.38. The Morgan fingerprint density at radius 2 is 2.36 bits per heavy atom. The first-order chi connectivity index (χ1) is 6.67. The number of methoxy groups -OCH3 is 1. The highest BCUT2D eigenvalue weighted by Crippen LogP contribution is 2.10. The van der Waals surface area contributed by atoms with Gasteiger partial charge in [0.05, 0.1) is 12.3 Å². The summed E-state index contributed by atoms with van der Waals surface area (Å²) in [5.74, 6) is 1.05. The minimum Gasteiger partial charge on any atom is -0.383 e. The van der Waals surface area contributed by atoms with Gasteiger partial charge in [0, 0.05) is 26.3 Å². The van der Waals surface area contributed by atoms with Gasteiger partial charge in [0.1, 0.15) is 5.82 Å². The molecule has 4 heteroatoms. The lowest BCUT2D eigenvalue weighted by atomic mass is 10.3. The van der Waals surface area contributed by atoms with Gasteiger partial charge in [0.25, 0.3) is 0 Å². The van der Waals surface area contributed by atoms with Crippen molar-refractivity contribution < 1.29 is 4.74 Å². The molecule has 0 spiro atoms. The van der Waals surface area contributed by atoms with E-state index in [0.717, 1.165) is 17.9 Å². The first-order valence-corrected chi connectivity index (χ1v) is 4.95. The summed E-state index contributed by atoms with van der Waals surface area (Å²) in [6.07, 6.45) is 0.966. The molecule has 0 bridgehead atoms. The fourth-order valence-corrected chi connectivity index (χ4v) is 1.38. The van der Waals surface area contributed by atoms with Crippen molar-refractivity contribution in [3.05, 3.63) is 11.8 Å². The van der Waals surface area contributed by atoms with E-state index >= 15 is 0 Å². The fourth-order valence-electron chi connectivity index (χ4n) is 1.38. The summed E-state index contributed by atoms with van der Waals surface area (Å²) in [5.41, 5.74) is 1.11. The van der Waals surface area contributed by atoms with Gasteiger partial charge in [0.2, 0.25) is 0 Å². The molecule has 80 valence electrons. The van der Waals surface area contributed by atoms with Crippen LogP contribution < -0.4 is 5.32 Å². The number of rotatable bonds is 5. The third-order valence-corrected chi connectivity index (χ3v) is 2.10. The van der Waals surface area contributed by atoms with Crippen LogP contribution in [-0.2, 0) is 18.2 Å². The molecule has 1 aromatic rings. The third-order valence-electron chi connectivity index (χ3n) is 2.10. The van der Waals surface area contributed by atoms with Crippen LogP contribution in [0, 0.1) is 0 Å². The Hall–Kier alpha value is -1.03. The molecule has 0 amide bonds. The second-order valence-corrected chi connectivity index (χ2v) is 3.50. The smallest absolute Gasteiger partial charge is 0.124 e. The maximum absolute atomic E-state index is 5.06. The van der Waals surface area contributed by atoms with Gasteiger partial charge in [-0.1, -0.05) is 6.92 Å². The molecule has 0 aromatic carbocycles. The molecule has 0 aliphatic heterocycles. The monoisotopic (exact) mass is 197 g/mol. The topological polar surface area (TPSA) is 39.1 Å². The molecule has 1 unspecified atom stereocenters. The average Bonchev–Trinajstić information content (AvgIpc) is 2.48. The quantitative estimate of drug-likeness (QED) is 0.776. The highest BCUT2D eigenvalue weighted by molar-refractivity contribution is 5.37. The molecule has 1 heterocycles. The highest BCUT2D eigenvalue weighted by Gasteiger charge is 2.06. The van der Waals surface area contributed by atoms with E-state index in [-0.39, 0.29) is 0 Å². The van der Waals surface area contributed by atoms with Gasteiger partial charge in [-0.3, -0.25) is 4.68 Å². The predicted molar refractivity (Wildman–Crippen MR) is 57.5 cm³/mol. The van der Waals surface area contributed by atoms with E-state index in [9.17, 15) is 0 Å². The van der Waals surface area contributed by atoms with Crippen LogP contribution in [0.4, 0.5) is 5.82 Å². The van der Waals surface area contributed by atoms with Crippen LogP contribution >= 0.6 is 0 Å². The van der Waals surface area contributed by atoms with Crippen LogP contribution in [0.1, 0.15) is 19.5 Å². The molecule has 14 heavy (non-hydrogen) atoms. The van der Waals surface area contributed by atoms with Crippen LogP contribution in [0.2, 0.25) is 0 Å². The van der Waals surface area contributed by atoms with Crippen molar-refractivity contribution in [3.8, 4) is 0 Å². The molecule has 0 fully saturated rings. The number of anilines is 1. The van der Waals surface area contributed by atoms with E-state index in [2.05, 4.69) is 30.3 Å². The minimum atomic E-state index is 0.306. The summed E-state index contributed by atoms with van der Waals surface area (Å²) in [7, 11) is 3.65. The van der Waals surface area contributed by atoms with Crippen molar-refractivity contribution in [1.82, 2.24) is 9.78 Å². The molecule has 1 aromatic heterocycles. The van der Waals surface area contributed by atoms with Crippen LogP contribution in [0.3, 0.4) is 0 Å². The van der Waals surface area contributed by atoms with Crippen molar-refractivity contribution in [3.63, 3.8) is 0 Å². The van der Waals surface area contributed by atoms with Crippen LogP contribution in [0.15, 0.2) is 6.07 Å². The number of aromatic nitrogens is 2. The molecule has 0 saturated heterocycles. The van der Waals surface area contributed by atoms with Gasteiger partial charge in [0.15, 0.2) is 0 Å². The normalized spacial score (nSPS) is 12.9. The van der Waals surface area contributed by atoms with Gasteiger partial charge < -0.3 is 10.1 Å². The van der Waals surface area contributed by atoms with Crippen LogP contribution in [-0.4, -0.2) is 29.5 Å². The second kappa shape index (κ2) is 5.00. The number of hydrogen-bond donors (Lipinski definition) is 1. The molecule has 4 nitrogen and oxygen atoms in total. The molecule has 0 aliphatic carbocycles. The van der Waals surface area contributed by atoms with E-state index < -0.39 is 0 Å². The first kappa shape index (κ1) is 11.0. The highest BCUT2D eigenvalue weighted by atomic mass is 16.5. The number of hydrogen-bond acceptors (Lipinski definition) is 3. The van der Waals surface area contributed by atoms with Crippen molar-refractivity contribution in [2.45, 2.75) is 26.3 Å². The van der Waals surface area contributed by atoms with E-state index in [0.29, 0.717) is 12.6 Å². The summed E-state index contributed by atoms with van der Waals surface area (Å²) >= 11 is 0. The van der Waals surface area contributed by atoms with Crippen LogP contribution in [0.25, 0.3) is 0 Å². The lowest BCUT2D eigenvalue weighted by molar-refractivity contribution is 0.190. The summed E-state index contributed by atoms with van der Waals surface area (Å²) in [5, 5.41) is 7.70. The van der Waals surface area contributed by atoms with E-state index in [1.165, 1.54) is 0 Å². The SMILES string of the molecule is CCc1cc(NC(C)COC)n(C)n1. The molecular weight excluding hydrogens is 178 g/mol. The third kappa shape index (κ3) is 2.73. The van der Waals surface area contributed by atoms with Crippen molar-refractivity contribution in [2.75, 3.05) is 19.0 Å². The van der Waals surface area contributed by atoms with E-state index in [4.69, 9.17) is 4.74 Å². The van der Waals surface area contributed by atoms with Crippen LogP contribution in [0.5, 0.6) is 0 Å². The number of ether oxygens (including phenoxy) is 1. The maximum Gasteiger partial charge on any atom is 0.124 e. The van der Waals surface area contributed by atoms with Gasteiger partial charge >= 0.3 is 0 Å². The Labute approximate surface area is 85.3 Å². The zero-order valence-corrected chi connectivity index (χ0v) is 9.37. The Kier molecular flexibility index (Phi) is 3.95. The molecular formula is C10H19N3O. The largest absolute Gasteiger partial charge is 0.383 e. The summed E-state index contributed by atoms with van der Waals surface area (Å²) in [4.78, 5) is 0. The van der Waals surface area contributed by atoms with Gasteiger partial charge in [-0.15, -0.1) is 0 Å². The molecule has 1 N–H and O–H groups in total. The Morgan fingerprint density at radius 3 is 2.86 bits per heavy atom. The van der Waals surface area contributed by atoms with Crippen molar-refractivity contribution in [1.29, 1.82) is 0 Å². The summed E-state index contributed by atoms with van der Waals surface area (Å²) in [6.45, 7) is 4.89. The van der Waals surface area contributed by atoms with Crippen molar-refractivity contribution >= 4 is 5.82 Å². The number of nitrogens with one attached hydrogen (secondary N) is 1. The van der Waals surface area contributed by atoms with E-state index in [1.54, 1.807) is 7.11 Å². The van der Waals surface area contributed by atoms with Crippen molar-refractivity contribution in [2.24, 2.45) is 7.05 Å². The second-order valence-electron chi connectivity index (χ2n) is 3.50. The van der Waals surface area contributed by atoms with E-state index in [1.807, 2.05) is 11.7 Å². The Bertz CT molecular complexity index is 283. The maximum atomic E-state index is 5.06. The first-order valence-electron chi connectivity index (χ1n) is 4.95. The average molecular weight is 197 g/mol. The number of nitrogens with zero attached hydrogens (tertiary/aromatic N) is 2. The molecule has 0 radical (unpaired) electrons. The standard InChI is InChI=1S/C10H19N3O/c1-5-9-6-10(13(3)12-9)11-8(2)7-14-4/h6,8,11H,5,7H2,1-4H3. The zero-order chi connectivity index (χ0) is 10.6. The number of aryl methyl sites for hydroxylation is 2. The minimum absolute atomic E-state index is 0.306. The van der Waals surface area contributed by atoms with Gasteiger partial charge in [-0.2, -0.15) is 5.10 Å². The molecule has 1 atom stereocenters. The molecule has 0 aliphatic rings. The predicted octanol–water partition coefficient (Wildman–Crippen LogP) is 1.43. The Morgan fingerprint density at radius 1 is 1.64 bits per heavy atom. The molecule has 1 rings (SSSR count). The van der Waals surface area contributed by atoms with Gasteiger partial charge in [-0.25, -0.2) is 0 Å². The molecule has 0 saturated carbocycles. The lowest BCUT2D eigenvalue weighted by Gasteiger charge is -2.13. The zero-order valence-electron chi connectivity index (χ0n) is 9.37. The summed E-state index contributed by atoms with van der Waals surface area (Å²) < 4.78 is 6.92. The van der Waals surface area contributed by atoms with Gasteiger partial charge in [-0.05, 0) is 13.3 Å². The Balaban J connectivity index is 2.61. The fraction of sp³-hybridized carbons (Fsp3) is 0.700.